The third-order valence-corrected chi connectivity index (χ3v) is 7.31. The lowest BCUT2D eigenvalue weighted by atomic mass is 9.95. The van der Waals surface area contributed by atoms with Gasteiger partial charge < -0.3 is 79.8 Å². The van der Waals surface area contributed by atoms with Crippen LogP contribution in [0.3, 0.4) is 0 Å². The van der Waals surface area contributed by atoms with Gasteiger partial charge in [-0.05, 0) is 32.2 Å². The number of carbonyl (C=O) groups is 4. The Balaban J connectivity index is 2.00. The predicted octanol–water partition coefficient (Wildman–Crippen LogP) is -6.23. The second kappa shape index (κ2) is 18.6. The van der Waals surface area contributed by atoms with Crippen molar-refractivity contribution >= 4 is 29.8 Å². The molecule has 45 heavy (non-hydrogen) atoms. The number of rotatable bonds is 18. The lowest BCUT2D eigenvalue weighted by Crippen LogP contribution is -2.69. The van der Waals surface area contributed by atoms with Gasteiger partial charge in [-0.3, -0.25) is 9.59 Å². The predicted molar refractivity (Wildman–Crippen MR) is 158 cm³/mol. The first-order valence-electron chi connectivity index (χ1n) is 14.7. The van der Waals surface area contributed by atoms with Crippen LogP contribution in [0, 0.1) is 0 Å². The summed E-state index contributed by atoms with van der Waals surface area (Å²) in [6, 6.07) is -4.78. The van der Waals surface area contributed by atoms with E-state index in [1.807, 2.05) is 0 Å². The van der Waals surface area contributed by atoms with Gasteiger partial charge in [0.15, 0.2) is 18.2 Å². The van der Waals surface area contributed by atoms with Crippen molar-refractivity contribution in [1.29, 1.82) is 0 Å². The molecule has 0 bridgehead atoms. The number of aliphatic imine (C=N–C) groups is 1. The van der Waals surface area contributed by atoms with Gasteiger partial charge in [-0.25, -0.2) is 14.6 Å². The standard InChI is InChI=1S/C25H48N10O10/c26-5-1-3-11(28)7-15(37)31-6-2-4-12(29)8-16(38)32-19-21(40)20(39)14(10-44-24(30)43)45-22(19)35-25-33-17(13(36)9-27)18(34-25)23(41)42/h11-14,17-22,36,39-40H,1-10,26-29H2,(H2,30,43)(H,31,37)(H,32,38)(H,41,42)(H2,33,34,35). The van der Waals surface area contributed by atoms with Crippen LogP contribution in [0.5, 0.6) is 0 Å². The molecule has 0 saturated carbocycles. The normalized spacial score (nSPS) is 28.2. The number of hydrogen-bond acceptors (Lipinski definition) is 16. The number of carboxylic acids is 1. The monoisotopic (exact) mass is 648 g/mol. The van der Waals surface area contributed by atoms with Crippen molar-refractivity contribution in [1.82, 2.24) is 21.3 Å². The number of hydrogen-bond donors (Lipinski definition) is 13. The summed E-state index contributed by atoms with van der Waals surface area (Å²) in [4.78, 5) is 51.7. The van der Waals surface area contributed by atoms with Crippen LogP contribution in [-0.4, -0.2) is 137 Å². The summed E-state index contributed by atoms with van der Waals surface area (Å²) in [6.45, 7) is 0.000210. The van der Waals surface area contributed by atoms with Gasteiger partial charge >= 0.3 is 12.1 Å². The highest BCUT2D eigenvalue weighted by atomic mass is 16.6. The number of ether oxygens (including phenoxy) is 2. The molecule has 10 unspecified atom stereocenters. The average molecular weight is 649 g/mol. The van der Waals surface area contributed by atoms with Crippen molar-refractivity contribution in [2.75, 3.05) is 26.2 Å². The van der Waals surface area contributed by atoms with Crippen LogP contribution in [0.15, 0.2) is 4.99 Å². The first-order valence-corrected chi connectivity index (χ1v) is 14.7. The smallest absolute Gasteiger partial charge is 0.404 e. The molecule has 0 radical (unpaired) electrons. The Bertz CT molecular complexity index is 1020. The van der Waals surface area contributed by atoms with E-state index in [2.05, 4.69) is 26.3 Å². The second-order valence-corrected chi connectivity index (χ2v) is 11.0. The number of primary amides is 1. The number of guanidine groups is 1. The Morgan fingerprint density at radius 1 is 1.02 bits per heavy atom. The number of aliphatic hydroxyl groups is 3. The van der Waals surface area contributed by atoms with Crippen LogP contribution >= 0.6 is 0 Å². The summed E-state index contributed by atoms with van der Waals surface area (Å²) in [7, 11) is 0. The lowest BCUT2D eigenvalue weighted by molar-refractivity contribution is -0.198. The van der Waals surface area contributed by atoms with E-state index in [9.17, 15) is 39.6 Å². The molecule has 0 aromatic rings. The van der Waals surface area contributed by atoms with E-state index in [1.165, 1.54) is 0 Å². The zero-order valence-corrected chi connectivity index (χ0v) is 24.9. The first kappa shape index (κ1) is 37.8. The van der Waals surface area contributed by atoms with E-state index < -0.39 is 79.4 Å². The van der Waals surface area contributed by atoms with Gasteiger partial charge in [0.05, 0.1) is 12.1 Å². The summed E-state index contributed by atoms with van der Waals surface area (Å²) < 4.78 is 10.5. The summed E-state index contributed by atoms with van der Waals surface area (Å²) >= 11 is 0. The van der Waals surface area contributed by atoms with Gasteiger partial charge in [0.2, 0.25) is 11.8 Å². The minimum atomic E-state index is -1.67. The number of carbonyl (C=O) groups excluding carboxylic acids is 3. The largest absolute Gasteiger partial charge is 0.480 e. The van der Waals surface area contributed by atoms with Crippen molar-refractivity contribution in [3.63, 3.8) is 0 Å². The van der Waals surface area contributed by atoms with Crippen molar-refractivity contribution in [3.05, 3.63) is 0 Å². The van der Waals surface area contributed by atoms with Crippen molar-refractivity contribution in [2.24, 2.45) is 33.7 Å². The molecule has 10 atom stereocenters. The highest BCUT2D eigenvalue weighted by Gasteiger charge is 2.47. The van der Waals surface area contributed by atoms with Crippen LogP contribution in [0.1, 0.15) is 38.5 Å². The Hall–Kier alpha value is -3.37. The summed E-state index contributed by atoms with van der Waals surface area (Å²) in [5, 5.41) is 51.9. The molecule has 20 nitrogen and oxygen atoms in total. The topological polar surface area (TPSA) is 358 Å². The number of nitrogens with zero attached hydrogens (tertiary/aromatic N) is 1. The number of amides is 3. The maximum absolute atomic E-state index is 12.9. The molecule has 2 aliphatic rings. The van der Waals surface area contributed by atoms with Gasteiger partial charge in [-0.1, -0.05) is 0 Å². The quantitative estimate of drug-likeness (QED) is 0.0614. The molecular weight excluding hydrogens is 600 g/mol. The molecule has 18 N–H and O–H groups in total. The third kappa shape index (κ3) is 12.2. The number of aliphatic hydroxyl groups excluding tert-OH is 3. The Morgan fingerprint density at radius 2 is 1.67 bits per heavy atom. The van der Waals surface area contributed by atoms with Crippen molar-refractivity contribution < 1.29 is 49.1 Å². The van der Waals surface area contributed by atoms with E-state index in [4.69, 9.17) is 38.1 Å². The molecule has 0 aromatic carbocycles. The molecule has 2 heterocycles. The van der Waals surface area contributed by atoms with E-state index in [0.29, 0.717) is 32.4 Å². The molecule has 258 valence electrons. The highest BCUT2D eigenvalue weighted by Crippen LogP contribution is 2.22. The summed E-state index contributed by atoms with van der Waals surface area (Å²) in [5.74, 6) is -2.33. The van der Waals surface area contributed by atoms with Gasteiger partial charge in [-0.2, -0.15) is 0 Å². The number of carboxylic acid groups (broad SMARTS) is 1. The molecule has 0 aliphatic carbocycles. The lowest BCUT2D eigenvalue weighted by Gasteiger charge is -2.43. The molecule has 1 saturated heterocycles. The van der Waals surface area contributed by atoms with Gasteiger partial charge in [-0.15, -0.1) is 0 Å². The highest BCUT2D eigenvalue weighted by molar-refractivity contribution is 5.89. The molecule has 0 aromatic heterocycles. The Labute approximate surface area is 259 Å². The van der Waals surface area contributed by atoms with Crippen LogP contribution in [0.4, 0.5) is 4.79 Å². The summed E-state index contributed by atoms with van der Waals surface area (Å²) in [5.41, 5.74) is 27.9. The SMILES string of the molecule is NCCCC(N)CC(=O)NCCCC(N)CC(=O)NC1C(NC2=NC(C(=O)O)C(C(O)CN)N2)OC(COC(N)=O)C(O)C1O. The Morgan fingerprint density at radius 3 is 2.27 bits per heavy atom. The minimum absolute atomic E-state index is 0.165. The summed E-state index contributed by atoms with van der Waals surface area (Å²) in [6.07, 6.45) is -6.24. The van der Waals surface area contributed by atoms with Crippen LogP contribution in [0.25, 0.3) is 0 Å². The maximum Gasteiger partial charge on any atom is 0.404 e. The number of nitrogens with two attached hydrogens (primary N) is 5. The Kier molecular flexibility index (Phi) is 15.6. The average Bonchev–Trinajstić information content (AvgIpc) is 3.41. The van der Waals surface area contributed by atoms with Crippen molar-refractivity contribution in [2.45, 2.75) is 99.4 Å². The second-order valence-electron chi connectivity index (χ2n) is 11.0. The van der Waals surface area contributed by atoms with Crippen LogP contribution in [-0.2, 0) is 23.9 Å². The molecule has 2 aliphatic heterocycles. The third-order valence-electron chi connectivity index (χ3n) is 7.31. The van der Waals surface area contributed by atoms with E-state index >= 15 is 0 Å². The minimum Gasteiger partial charge on any atom is -0.480 e. The van der Waals surface area contributed by atoms with E-state index in [-0.39, 0.29) is 37.3 Å². The first-order chi connectivity index (χ1) is 21.3. The fourth-order valence-electron chi connectivity index (χ4n) is 4.89. The molecule has 20 heteroatoms. The van der Waals surface area contributed by atoms with Gasteiger partial charge in [0.1, 0.15) is 31.0 Å². The maximum atomic E-state index is 12.9. The van der Waals surface area contributed by atoms with E-state index in [0.717, 1.165) is 6.42 Å². The molecule has 2 rings (SSSR count). The molecule has 1 fully saturated rings. The van der Waals surface area contributed by atoms with Crippen LogP contribution < -0.4 is 49.9 Å². The van der Waals surface area contributed by atoms with Crippen LogP contribution in [0.2, 0.25) is 0 Å². The fourth-order valence-corrected chi connectivity index (χ4v) is 4.89. The fraction of sp³-hybridized carbons (Fsp3) is 0.800. The number of aliphatic carboxylic acids is 1. The van der Waals surface area contributed by atoms with Crippen molar-refractivity contribution in [3.8, 4) is 0 Å². The van der Waals surface area contributed by atoms with Gasteiger partial charge in [0, 0.05) is 38.0 Å². The zero-order chi connectivity index (χ0) is 33.7. The molecule has 3 amide bonds. The molecule has 0 spiro atoms. The van der Waals surface area contributed by atoms with Gasteiger partial charge in [0.25, 0.3) is 0 Å². The molecular formula is C25H48N10O10. The zero-order valence-electron chi connectivity index (χ0n) is 24.9. The van der Waals surface area contributed by atoms with E-state index in [1.54, 1.807) is 0 Å². The number of nitrogens with one attached hydrogen (secondary N) is 4.